The molecule has 0 aliphatic heterocycles. The molecule has 30 heavy (non-hydrogen) atoms. The van der Waals surface area contributed by atoms with Crippen LogP contribution in [-0.4, -0.2) is 40.3 Å². The second kappa shape index (κ2) is 7.30. The van der Waals surface area contributed by atoms with Crippen molar-refractivity contribution in [2.45, 2.75) is 30.9 Å². The maximum Gasteiger partial charge on any atom is 0.192 e. The van der Waals surface area contributed by atoms with Gasteiger partial charge in [0.05, 0.1) is 5.60 Å². The zero-order valence-corrected chi connectivity index (χ0v) is 17.6. The number of sulfone groups is 1. The molecule has 4 heterocycles. The number of hydrogen-bond acceptors (Lipinski definition) is 7. The summed E-state index contributed by atoms with van der Waals surface area (Å²) in [4.78, 5) is 12.7. The fraction of sp³-hybridized carbons (Fsp3) is 0.227. The van der Waals surface area contributed by atoms with Gasteiger partial charge in [0.2, 0.25) is 0 Å². The Morgan fingerprint density at radius 1 is 0.967 bits per heavy atom. The topological polar surface area (TPSA) is 106 Å². The summed E-state index contributed by atoms with van der Waals surface area (Å²) in [7, 11) is -3.43. The number of nitrogens with zero attached hydrogens (tertiary/aromatic N) is 3. The van der Waals surface area contributed by atoms with E-state index in [1.807, 2.05) is 18.2 Å². The van der Waals surface area contributed by atoms with Gasteiger partial charge in [-0.25, -0.2) is 13.4 Å². The molecular formula is C22H21N3O4S. The molecule has 0 aliphatic carbocycles. The highest BCUT2D eigenvalue weighted by Crippen LogP contribution is 2.34. The Labute approximate surface area is 174 Å². The quantitative estimate of drug-likeness (QED) is 0.522. The molecular weight excluding hydrogens is 402 g/mol. The Kier molecular flexibility index (Phi) is 4.91. The average Bonchev–Trinajstić information content (AvgIpc) is 3.11. The number of pyridine rings is 3. The molecule has 0 saturated carbocycles. The molecule has 4 aromatic rings. The van der Waals surface area contributed by atoms with Crippen molar-refractivity contribution < 1.29 is 17.9 Å². The molecule has 0 aromatic carbocycles. The third kappa shape index (κ3) is 4.24. The summed E-state index contributed by atoms with van der Waals surface area (Å²) >= 11 is 0. The van der Waals surface area contributed by atoms with Crippen LogP contribution in [0.15, 0.2) is 64.4 Å². The van der Waals surface area contributed by atoms with E-state index in [0.29, 0.717) is 28.8 Å². The van der Waals surface area contributed by atoms with Crippen LogP contribution in [0.1, 0.15) is 19.5 Å². The summed E-state index contributed by atoms with van der Waals surface area (Å²) in [6, 6.07) is 10.6. The summed E-state index contributed by atoms with van der Waals surface area (Å²) in [5.74, 6) is 0.613. The van der Waals surface area contributed by atoms with Gasteiger partial charge in [0, 0.05) is 54.2 Å². The van der Waals surface area contributed by atoms with Crippen molar-refractivity contribution in [1.29, 1.82) is 0 Å². The molecule has 0 atom stereocenters. The standard InChI is InChI=1S/C22H21N3O4S/c1-22(2,26)13-16-10-15(5-7-23-16)19-12-18-21(29-19)17(6-9-24-18)14-4-8-25-20(11-14)30(3,27)28/h4-12,26H,13H2,1-3H3. The number of aromatic nitrogens is 3. The van der Waals surface area contributed by atoms with E-state index < -0.39 is 15.4 Å². The van der Waals surface area contributed by atoms with Crippen LogP contribution in [0.5, 0.6) is 0 Å². The fourth-order valence-corrected chi connectivity index (χ4v) is 3.85. The second-order valence-electron chi connectivity index (χ2n) is 7.86. The van der Waals surface area contributed by atoms with Crippen LogP contribution < -0.4 is 0 Å². The first-order valence-corrected chi connectivity index (χ1v) is 11.2. The van der Waals surface area contributed by atoms with Gasteiger partial charge < -0.3 is 9.52 Å². The van der Waals surface area contributed by atoms with Gasteiger partial charge in [0.25, 0.3) is 0 Å². The first kappa shape index (κ1) is 20.2. The van der Waals surface area contributed by atoms with E-state index in [4.69, 9.17) is 4.42 Å². The van der Waals surface area contributed by atoms with Crippen LogP contribution in [0, 0.1) is 0 Å². The predicted molar refractivity (Wildman–Crippen MR) is 114 cm³/mol. The van der Waals surface area contributed by atoms with Gasteiger partial charge in [-0.05, 0) is 49.7 Å². The first-order chi connectivity index (χ1) is 14.1. The van der Waals surface area contributed by atoms with E-state index in [1.54, 1.807) is 38.4 Å². The van der Waals surface area contributed by atoms with Gasteiger partial charge in [-0.2, -0.15) is 0 Å². The molecule has 0 saturated heterocycles. The molecule has 0 fully saturated rings. The highest BCUT2D eigenvalue weighted by molar-refractivity contribution is 7.90. The Bertz CT molecular complexity index is 1340. The van der Waals surface area contributed by atoms with E-state index >= 15 is 0 Å². The molecule has 4 aromatic heterocycles. The molecule has 0 radical (unpaired) electrons. The van der Waals surface area contributed by atoms with Gasteiger partial charge in [0.1, 0.15) is 11.3 Å². The number of aliphatic hydroxyl groups is 1. The maximum atomic E-state index is 11.9. The van der Waals surface area contributed by atoms with Crippen LogP contribution >= 0.6 is 0 Å². The van der Waals surface area contributed by atoms with Crippen molar-refractivity contribution in [2.75, 3.05) is 6.26 Å². The minimum absolute atomic E-state index is 0.00198. The van der Waals surface area contributed by atoms with Crippen LogP contribution in [0.2, 0.25) is 0 Å². The van der Waals surface area contributed by atoms with E-state index in [0.717, 1.165) is 23.1 Å². The van der Waals surface area contributed by atoms with Crippen molar-refractivity contribution in [1.82, 2.24) is 15.0 Å². The Balaban J connectivity index is 1.80. The highest BCUT2D eigenvalue weighted by atomic mass is 32.2. The van der Waals surface area contributed by atoms with Crippen molar-refractivity contribution in [3.8, 4) is 22.5 Å². The Hall–Kier alpha value is -3.10. The molecule has 1 N–H and O–H groups in total. The average molecular weight is 423 g/mol. The van der Waals surface area contributed by atoms with Crippen LogP contribution in [0.4, 0.5) is 0 Å². The summed E-state index contributed by atoms with van der Waals surface area (Å²) in [6.45, 7) is 3.47. The van der Waals surface area contributed by atoms with E-state index in [1.165, 1.54) is 12.3 Å². The number of fused-ring (bicyclic) bond motifs is 1. The third-order valence-electron chi connectivity index (χ3n) is 4.55. The summed E-state index contributed by atoms with van der Waals surface area (Å²) in [5.41, 5.74) is 3.31. The molecule has 0 spiro atoms. The second-order valence-corrected chi connectivity index (χ2v) is 9.83. The monoisotopic (exact) mass is 423 g/mol. The molecule has 0 bridgehead atoms. The smallest absolute Gasteiger partial charge is 0.192 e. The van der Waals surface area contributed by atoms with Crippen molar-refractivity contribution >= 4 is 20.9 Å². The largest absolute Gasteiger partial charge is 0.454 e. The zero-order valence-electron chi connectivity index (χ0n) is 16.8. The number of hydrogen-bond donors (Lipinski definition) is 1. The van der Waals surface area contributed by atoms with Gasteiger partial charge in [0.15, 0.2) is 20.4 Å². The van der Waals surface area contributed by atoms with Crippen LogP contribution in [0.25, 0.3) is 33.6 Å². The third-order valence-corrected chi connectivity index (χ3v) is 5.54. The zero-order chi connectivity index (χ0) is 21.5. The lowest BCUT2D eigenvalue weighted by molar-refractivity contribution is 0.0799. The molecule has 0 amide bonds. The van der Waals surface area contributed by atoms with Crippen molar-refractivity contribution in [2.24, 2.45) is 0 Å². The molecule has 154 valence electrons. The number of furan rings is 1. The lowest BCUT2D eigenvalue weighted by Gasteiger charge is -2.16. The first-order valence-electron chi connectivity index (χ1n) is 9.33. The predicted octanol–water partition coefficient (Wildman–Crippen LogP) is 3.67. The van der Waals surface area contributed by atoms with Crippen molar-refractivity contribution in [3.05, 3.63) is 60.7 Å². The van der Waals surface area contributed by atoms with E-state index in [-0.39, 0.29) is 5.03 Å². The molecule has 0 aliphatic rings. The fourth-order valence-electron chi connectivity index (χ4n) is 3.26. The minimum atomic E-state index is -3.43. The van der Waals surface area contributed by atoms with Gasteiger partial charge in [-0.15, -0.1) is 0 Å². The van der Waals surface area contributed by atoms with Crippen LogP contribution in [-0.2, 0) is 16.3 Å². The summed E-state index contributed by atoms with van der Waals surface area (Å²) in [5, 5.41) is 10.1. The molecule has 4 rings (SSSR count). The molecule has 8 heteroatoms. The Morgan fingerprint density at radius 2 is 1.67 bits per heavy atom. The van der Waals surface area contributed by atoms with E-state index in [9.17, 15) is 13.5 Å². The summed E-state index contributed by atoms with van der Waals surface area (Å²) in [6.07, 6.45) is 6.34. The maximum absolute atomic E-state index is 11.9. The number of rotatable bonds is 5. The lowest BCUT2D eigenvalue weighted by Crippen LogP contribution is -2.22. The molecule has 7 nitrogen and oxygen atoms in total. The van der Waals surface area contributed by atoms with Crippen molar-refractivity contribution in [3.63, 3.8) is 0 Å². The molecule has 0 unspecified atom stereocenters. The minimum Gasteiger partial charge on any atom is -0.454 e. The Morgan fingerprint density at radius 3 is 2.40 bits per heavy atom. The summed E-state index contributed by atoms with van der Waals surface area (Å²) < 4.78 is 29.9. The lowest BCUT2D eigenvalue weighted by atomic mass is 10.0. The van der Waals surface area contributed by atoms with Gasteiger partial charge in [-0.1, -0.05) is 0 Å². The highest BCUT2D eigenvalue weighted by Gasteiger charge is 2.17. The van der Waals surface area contributed by atoms with Crippen LogP contribution in [0.3, 0.4) is 0 Å². The van der Waals surface area contributed by atoms with E-state index in [2.05, 4.69) is 15.0 Å². The SMILES string of the molecule is CC(C)(O)Cc1cc(-c2cc3nccc(-c4ccnc(S(C)(=O)=O)c4)c3o2)ccn1. The normalized spacial score (nSPS) is 12.4. The van der Waals surface area contributed by atoms with Gasteiger partial charge >= 0.3 is 0 Å². The van der Waals surface area contributed by atoms with Gasteiger partial charge in [-0.3, -0.25) is 9.97 Å².